The first-order chi connectivity index (χ1) is 8.13. The van der Waals surface area contributed by atoms with Crippen molar-refractivity contribution in [3.63, 3.8) is 0 Å². The maximum atomic E-state index is 11.3. The summed E-state index contributed by atoms with van der Waals surface area (Å²) in [7, 11) is 0. The molecular formula is C11H20N2O4. The summed E-state index contributed by atoms with van der Waals surface area (Å²) in [5.74, 6) is -0.298. The van der Waals surface area contributed by atoms with Gasteiger partial charge in [-0.1, -0.05) is 12.8 Å². The number of hydrogen-bond acceptors (Lipinski definition) is 3. The molecule has 0 aromatic heterocycles. The van der Waals surface area contributed by atoms with Crippen molar-refractivity contribution >= 4 is 12.0 Å². The molecule has 1 aliphatic carbocycles. The molecule has 4 N–H and O–H groups in total. The second kappa shape index (κ2) is 7.11. The Hall–Kier alpha value is -1.30. The van der Waals surface area contributed by atoms with E-state index in [-0.39, 0.29) is 13.0 Å². The molecule has 6 nitrogen and oxygen atoms in total. The molecule has 6 heteroatoms. The molecule has 0 spiro atoms. The van der Waals surface area contributed by atoms with E-state index in [4.69, 9.17) is 10.2 Å². The van der Waals surface area contributed by atoms with Crippen LogP contribution in [0, 0.1) is 5.92 Å². The highest BCUT2D eigenvalue weighted by molar-refractivity contribution is 5.82. The fourth-order valence-corrected chi connectivity index (χ4v) is 1.59. The van der Waals surface area contributed by atoms with Crippen molar-refractivity contribution in [3.05, 3.63) is 0 Å². The summed E-state index contributed by atoms with van der Waals surface area (Å²) < 4.78 is 0. The zero-order chi connectivity index (χ0) is 12.7. The van der Waals surface area contributed by atoms with Gasteiger partial charge in [0.05, 0.1) is 0 Å². The molecule has 1 atom stereocenters. The summed E-state index contributed by atoms with van der Waals surface area (Å²) >= 11 is 0. The minimum Gasteiger partial charge on any atom is -0.480 e. The van der Waals surface area contributed by atoms with Gasteiger partial charge in [-0.05, 0) is 18.8 Å². The van der Waals surface area contributed by atoms with Gasteiger partial charge in [-0.15, -0.1) is 0 Å². The lowest BCUT2D eigenvalue weighted by molar-refractivity contribution is -0.139. The van der Waals surface area contributed by atoms with Crippen LogP contribution in [0.25, 0.3) is 0 Å². The van der Waals surface area contributed by atoms with Crippen molar-refractivity contribution in [2.24, 2.45) is 5.92 Å². The van der Waals surface area contributed by atoms with Crippen LogP contribution in [0.1, 0.15) is 32.1 Å². The maximum absolute atomic E-state index is 11.3. The molecule has 0 heterocycles. The molecule has 1 rings (SSSR count). The number of carboxylic acid groups (broad SMARTS) is 1. The third-order valence-electron chi connectivity index (χ3n) is 2.79. The highest BCUT2D eigenvalue weighted by atomic mass is 16.4. The van der Waals surface area contributed by atoms with Gasteiger partial charge in [0, 0.05) is 19.6 Å². The van der Waals surface area contributed by atoms with Crippen LogP contribution in [0.5, 0.6) is 0 Å². The van der Waals surface area contributed by atoms with E-state index < -0.39 is 18.0 Å². The van der Waals surface area contributed by atoms with E-state index in [1.807, 2.05) is 0 Å². The van der Waals surface area contributed by atoms with Gasteiger partial charge in [0.25, 0.3) is 0 Å². The van der Waals surface area contributed by atoms with Crippen LogP contribution in [-0.4, -0.2) is 41.4 Å². The molecule has 0 aliphatic heterocycles. The molecule has 0 radical (unpaired) electrons. The third kappa shape index (κ3) is 6.11. The molecule has 0 aromatic carbocycles. The number of aliphatic hydroxyl groups excluding tert-OH is 1. The lowest BCUT2D eigenvalue weighted by atomic mass is 10.2. The molecular weight excluding hydrogens is 224 g/mol. The van der Waals surface area contributed by atoms with Gasteiger partial charge in [0.2, 0.25) is 0 Å². The molecule has 0 unspecified atom stereocenters. The van der Waals surface area contributed by atoms with Crippen LogP contribution in [0.3, 0.4) is 0 Å². The van der Waals surface area contributed by atoms with Gasteiger partial charge in [0.15, 0.2) is 0 Å². The first kappa shape index (κ1) is 13.8. The molecule has 0 aromatic rings. The topological polar surface area (TPSA) is 98.7 Å². The van der Waals surface area contributed by atoms with E-state index in [9.17, 15) is 9.59 Å². The Kier molecular flexibility index (Phi) is 5.76. The van der Waals surface area contributed by atoms with Gasteiger partial charge in [-0.3, -0.25) is 0 Å². The lowest BCUT2D eigenvalue weighted by Crippen LogP contribution is -2.46. The quantitative estimate of drug-likeness (QED) is 0.462. The fourth-order valence-electron chi connectivity index (χ4n) is 1.59. The van der Waals surface area contributed by atoms with Crippen LogP contribution < -0.4 is 10.6 Å². The Morgan fingerprint density at radius 1 is 1.35 bits per heavy atom. The molecule has 0 bridgehead atoms. The van der Waals surface area contributed by atoms with Crippen molar-refractivity contribution in [1.29, 1.82) is 0 Å². The predicted molar refractivity (Wildman–Crippen MR) is 61.6 cm³/mol. The minimum absolute atomic E-state index is 0.0187. The normalized spacial score (nSPS) is 16.3. The average molecular weight is 244 g/mol. The number of carbonyl (C=O) groups excluding carboxylic acids is 1. The molecule has 98 valence electrons. The van der Waals surface area contributed by atoms with Crippen LogP contribution in [0.2, 0.25) is 0 Å². The van der Waals surface area contributed by atoms with Gasteiger partial charge in [-0.25, -0.2) is 9.59 Å². The Morgan fingerprint density at radius 2 is 2.06 bits per heavy atom. The van der Waals surface area contributed by atoms with Crippen molar-refractivity contribution in [1.82, 2.24) is 10.6 Å². The molecule has 1 saturated carbocycles. The lowest BCUT2D eigenvalue weighted by Gasteiger charge is -2.13. The number of rotatable bonds is 8. The number of aliphatic carboxylic acids is 1. The smallest absolute Gasteiger partial charge is 0.326 e. The van der Waals surface area contributed by atoms with E-state index in [1.165, 1.54) is 12.8 Å². The number of aliphatic hydroxyl groups is 1. The standard InChI is InChI=1S/C11H20N2O4/c14-7-5-9(10(15)16)13-11(17)12-6-1-2-8-3-4-8/h8-9,14H,1-7H2,(H,15,16)(H2,12,13,17)/t9-/m0/s1. The average Bonchev–Trinajstić information content (AvgIpc) is 3.07. The second-order valence-corrected chi connectivity index (χ2v) is 4.39. The van der Waals surface area contributed by atoms with E-state index in [0.29, 0.717) is 6.54 Å². The van der Waals surface area contributed by atoms with Crippen LogP contribution >= 0.6 is 0 Å². The van der Waals surface area contributed by atoms with Crippen LogP contribution in [0.4, 0.5) is 4.79 Å². The van der Waals surface area contributed by atoms with Crippen molar-refractivity contribution in [2.45, 2.75) is 38.1 Å². The number of urea groups is 1. The van der Waals surface area contributed by atoms with Crippen molar-refractivity contribution < 1.29 is 19.8 Å². The zero-order valence-corrected chi connectivity index (χ0v) is 9.82. The van der Waals surface area contributed by atoms with E-state index in [0.717, 1.165) is 18.8 Å². The Balaban J connectivity index is 2.09. The Morgan fingerprint density at radius 3 is 2.59 bits per heavy atom. The SMILES string of the molecule is O=C(NCCCC1CC1)N[C@@H](CCO)C(=O)O. The summed E-state index contributed by atoms with van der Waals surface area (Å²) in [6.07, 6.45) is 4.66. The number of carbonyl (C=O) groups is 2. The number of amides is 2. The molecule has 17 heavy (non-hydrogen) atoms. The van der Waals surface area contributed by atoms with Crippen molar-refractivity contribution in [3.8, 4) is 0 Å². The summed E-state index contributed by atoms with van der Waals surface area (Å²) in [6, 6.07) is -1.51. The zero-order valence-electron chi connectivity index (χ0n) is 9.82. The largest absolute Gasteiger partial charge is 0.480 e. The minimum atomic E-state index is -1.13. The highest BCUT2D eigenvalue weighted by Gasteiger charge is 2.21. The monoisotopic (exact) mass is 244 g/mol. The highest BCUT2D eigenvalue weighted by Crippen LogP contribution is 2.33. The van der Waals surface area contributed by atoms with E-state index in [2.05, 4.69) is 10.6 Å². The molecule has 2 amide bonds. The summed E-state index contributed by atoms with van der Waals surface area (Å²) in [4.78, 5) is 22.0. The van der Waals surface area contributed by atoms with E-state index >= 15 is 0 Å². The van der Waals surface area contributed by atoms with Crippen LogP contribution in [0.15, 0.2) is 0 Å². The molecule has 1 aliphatic rings. The Bertz CT molecular complexity index is 266. The Labute approximate surface area is 100 Å². The molecule has 1 fully saturated rings. The van der Waals surface area contributed by atoms with Crippen LogP contribution in [-0.2, 0) is 4.79 Å². The van der Waals surface area contributed by atoms with Gasteiger partial charge >= 0.3 is 12.0 Å². The first-order valence-corrected chi connectivity index (χ1v) is 6.01. The first-order valence-electron chi connectivity index (χ1n) is 6.01. The van der Waals surface area contributed by atoms with Gasteiger partial charge in [0.1, 0.15) is 6.04 Å². The van der Waals surface area contributed by atoms with Gasteiger partial charge in [-0.2, -0.15) is 0 Å². The third-order valence-corrected chi connectivity index (χ3v) is 2.79. The summed E-state index contributed by atoms with van der Waals surface area (Å²) in [5, 5.41) is 22.3. The predicted octanol–water partition coefficient (Wildman–Crippen LogP) is 0.311. The maximum Gasteiger partial charge on any atom is 0.326 e. The number of carboxylic acids is 1. The summed E-state index contributed by atoms with van der Waals surface area (Å²) in [6.45, 7) is 0.298. The second-order valence-electron chi connectivity index (χ2n) is 4.39. The molecule has 0 saturated heterocycles. The van der Waals surface area contributed by atoms with Crippen molar-refractivity contribution in [2.75, 3.05) is 13.2 Å². The number of hydrogen-bond donors (Lipinski definition) is 4. The summed E-state index contributed by atoms with van der Waals surface area (Å²) in [5.41, 5.74) is 0. The number of nitrogens with one attached hydrogen (secondary N) is 2. The van der Waals surface area contributed by atoms with E-state index in [1.54, 1.807) is 0 Å². The van der Waals surface area contributed by atoms with Gasteiger partial charge < -0.3 is 20.8 Å². The fraction of sp³-hybridized carbons (Fsp3) is 0.818.